The molecule has 1 aromatic heterocycles. The van der Waals surface area contributed by atoms with Crippen LogP contribution in [0.2, 0.25) is 0 Å². The molecule has 15 nitrogen and oxygen atoms in total. The molecule has 0 aliphatic carbocycles. The lowest BCUT2D eigenvalue weighted by molar-refractivity contribution is -0.128. The fourth-order valence-electron chi connectivity index (χ4n) is 6.54. The predicted molar refractivity (Wildman–Crippen MR) is 196 cm³/mol. The van der Waals surface area contributed by atoms with E-state index in [4.69, 9.17) is 14.0 Å². The summed E-state index contributed by atoms with van der Waals surface area (Å²) in [6, 6.07) is -2.17. The lowest BCUT2D eigenvalue weighted by atomic mass is 9.95. The van der Waals surface area contributed by atoms with Crippen molar-refractivity contribution in [3.63, 3.8) is 0 Å². The SMILES string of the molecule is CCCCCCCCCCCC(=O)NC(C(C)OCCCCCCCCCC)C(OP(=O)(O)O)[C@H]1O[C@@H](n2cc(C)c(=O)[nH]c2=O)C[C@@H]1N=[N+]=[N-]. The summed E-state index contributed by atoms with van der Waals surface area (Å²) in [5.74, 6) is -0.341. The van der Waals surface area contributed by atoms with E-state index in [1.807, 2.05) is 0 Å². The zero-order valence-electron chi connectivity index (χ0n) is 31.2. The summed E-state index contributed by atoms with van der Waals surface area (Å²) < 4.78 is 31.2. The lowest BCUT2D eigenvalue weighted by Gasteiger charge is -2.36. The van der Waals surface area contributed by atoms with Gasteiger partial charge >= 0.3 is 13.5 Å². The number of nitrogens with zero attached hydrogens (tertiary/aromatic N) is 4. The second kappa shape index (κ2) is 24.7. The van der Waals surface area contributed by atoms with E-state index in [0.29, 0.717) is 13.0 Å². The Bertz CT molecular complexity index is 1360. The third-order valence-electron chi connectivity index (χ3n) is 9.45. The first-order valence-corrected chi connectivity index (χ1v) is 20.6. The van der Waals surface area contributed by atoms with Crippen molar-refractivity contribution in [3.8, 4) is 0 Å². The fourth-order valence-corrected chi connectivity index (χ4v) is 7.11. The van der Waals surface area contributed by atoms with Gasteiger partial charge in [-0.3, -0.25) is 23.7 Å². The maximum Gasteiger partial charge on any atom is 0.470 e. The first kappa shape index (κ1) is 44.7. The van der Waals surface area contributed by atoms with Gasteiger partial charge in [0.05, 0.1) is 24.3 Å². The maximum absolute atomic E-state index is 13.4. The van der Waals surface area contributed by atoms with E-state index in [9.17, 15) is 34.3 Å². The van der Waals surface area contributed by atoms with Crippen LogP contribution in [-0.2, 0) is 23.4 Å². The molecule has 2 rings (SSSR count). The average molecular weight is 743 g/mol. The van der Waals surface area contributed by atoms with Crippen LogP contribution in [0.3, 0.4) is 0 Å². The fraction of sp³-hybridized carbons (Fsp3) is 0.857. The maximum atomic E-state index is 13.4. The van der Waals surface area contributed by atoms with Crippen LogP contribution >= 0.6 is 7.82 Å². The molecular formula is C35H63N6O9P. The van der Waals surface area contributed by atoms with Crippen molar-refractivity contribution >= 4 is 13.7 Å². The van der Waals surface area contributed by atoms with E-state index < -0.39 is 55.7 Å². The summed E-state index contributed by atoms with van der Waals surface area (Å²) in [4.78, 5) is 63.3. The Morgan fingerprint density at radius 1 is 1.02 bits per heavy atom. The first-order valence-electron chi connectivity index (χ1n) is 19.1. The first-order chi connectivity index (χ1) is 24.4. The number of aromatic amines is 1. The van der Waals surface area contributed by atoms with Gasteiger partial charge in [-0.1, -0.05) is 115 Å². The van der Waals surface area contributed by atoms with E-state index in [1.165, 1.54) is 70.9 Å². The van der Waals surface area contributed by atoms with Gasteiger partial charge < -0.3 is 24.6 Å². The van der Waals surface area contributed by atoms with Crippen molar-refractivity contribution in [2.75, 3.05) is 6.61 Å². The summed E-state index contributed by atoms with van der Waals surface area (Å²) in [7, 11) is -5.21. The molecule has 1 aliphatic heterocycles. The van der Waals surface area contributed by atoms with Crippen molar-refractivity contribution in [1.82, 2.24) is 14.9 Å². The van der Waals surface area contributed by atoms with Crippen LogP contribution in [0.5, 0.6) is 0 Å². The molecule has 0 aromatic carbocycles. The van der Waals surface area contributed by atoms with E-state index in [-0.39, 0.29) is 24.3 Å². The number of ether oxygens (including phenoxy) is 2. The predicted octanol–water partition coefficient (Wildman–Crippen LogP) is 7.24. The monoisotopic (exact) mass is 742 g/mol. The van der Waals surface area contributed by atoms with Crippen molar-refractivity contribution in [3.05, 3.63) is 43.0 Å². The quantitative estimate of drug-likeness (QED) is 0.0223. The number of amides is 1. The number of phosphoric acid groups is 1. The topological polar surface area (TPSA) is 218 Å². The zero-order chi connectivity index (χ0) is 37.6. The van der Waals surface area contributed by atoms with Gasteiger partial charge in [0, 0.05) is 36.1 Å². The van der Waals surface area contributed by atoms with Gasteiger partial charge in [-0.2, -0.15) is 0 Å². The number of azide groups is 1. The number of H-pyrrole nitrogens is 1. The molecule has 16 heteroatoms. The van der Waals surface area contributed by atoms with Gasteiger partial charge in [0.2, 0.25) is 5.91 Å². The largest absolute Gasteiger partial charge is 0.470 e. The molecule has 51 heavy (non-hydrogen) atoms. The molecule has 292 valence electrons. The van der Waals surface area contributed by atoms with E-state index in [2.05, 4.69) is 34.2 Å². The summed E-state index contributed by atoms with van der Waals surface area (Å²) >= 11 is 0. The number of aryl methyl sites for hydroxylation is 1. The minimum absolute atomic E-state index is 0.0618. The second-order valence-electron chi connectivity index (χ2n) is 13.8. The number of phosphoric ester groups is 1. The third kappa shape index (κ3) is 17.2. The Morgan fingerprint density at radius 3 is 2.12 bits per heavy atom. The molecule has 0 spiro atoms. The lowest BCUT2D eigenvalue weighted by Crippen LogP contribution is -2.57. The molecule has 0 radical (unpaired) electrons. The highest BCUT2D eigenvalue weighted by Crippen LogP contribution is 2.43. The smallest absolute Gasteiger partial charge is 0.376 e. The Morgan fingerprint density at radius 2 is 1.57 bits per heavy atom. The number of carbonyl (C=O) groups is 1. The summed E-state index contributed by atoms with van der Waals surface area (Å²) in [5.41, 5.74) is 8.29. The molecule has 1 saturated heterocycles. The Hall–Kier alpha value is -2.51. The average Bonchev–Trinajstić information content (AvgIpc) is 3.49. The van der Waals surface area contributed by atoms with Crippen molar-refractivity contribution < 1.29 is 33.1 Å². The number of aromatic nitrogens is 2. The number of hydrogen-bond donors (Lipinski definition) is 4. The number of carbonyl (C=O) groups excluding carboxylic acids is 1. The molecule has 0 bridgehead atoms. The van der Waals surface area contributed by atoms with Gasteiger partial charge in [-0.05, 0) is 32.2 Å². The highest BCUT2D eigenvalue weighted by molar-refractivity contribution is 7.46. The van der Waals surface area contributed by atoms with Crippen LogP contribution < -0.4 is 16.6 Å². The molecule has 0 saturated carbocycles. The number of unbranched alkanes of at least 4 members (excludes halogenated alkanes) is 15. The van der Waals surface area contributed by atoms with Crippen LogP contribution in [0.15, 0.2) is 20.9 Å². The normalized spacial score (nSPS) is 19.4. The van der Waals surface area contributed by atoms with Gasteiger partial charge in [-0.25, -0.2) is 9.36 Å². The molecule has 1 aliphatic rings. The molecule has 1 aromatic rings. The third-order valence-corrected chi connectivity index (χ3v) is 9.97. The zero-order valence-corrected chi connectivity index (χ0v) is 32.1. The molecule has 1 amide bonds. The Balaban J connectivity index is 2.24. The van der Waals surface area contributed by atoms with Crippen LogP contribution in [-0.4, -0.2) is 62.2 Å². The molecule has 6 atom stereocenters. The Labute approximate surface area is 302 Å². The van der Waals surface area contributed by atoms with Crippen LogP contribution in [0.4, 0.5) is 0 Å². The highest BCUT2D eigenvalue weighted by atomic mass is 31.2. The second-order valence-corrected chi connectivity index (χ2v) is 15.0. The van der Waals surface area contributed by atoms with Gasteiger partial charge in [0.15, 0.2) is 0 Å². The number of hydrogen-bond acceptors (Lipinski definition) is 8. The molecule has 1 fully saturated rings. The van der Waals surface area contributed by atoms with Gasteiger partial charge in [-0.15, -0.1) is 0 Å². The van der Waals surface area contributed by atoms with Crippen LogP contribution in [0.1, 0.15) is 155 Å². The minimum atomic E-state index is -5.21. The van der Waals surface area contributed by atoms with E-state index >= 15 is 0 Å². The summed E-state index contributed by atoms with van der Waals surface area (Å²) in [6.45, 7) is 7.92. The molecule has 4 N–H and O–H groups in total. The van der Waals surface area contributed by atoms with E-state index in [1.54, 1.807) is 6.92 Å². The van der Waals surface area contributed by atoms with Crippen LogP contribution in [0.25, 0.3) is 10.4 Å². The van der Waals surface area contributed by atoms with Crippen molar-refractivity contribution in [2.45, 2.75) is 186 Å². The molecule has 3 unspecified atom stereocenters. The summed E-state index contributed by atoms with van der Waals surface area (Å²) in [6.07, 6.45) is 15.2. The summed E-state index contributed by atoms with van der Waals surface area (Å²) in [5, 5.41) is 6.73. The van der Waals surface area contributed by atoms with Gasteiger partial charge in [0.1, 0.15) is 12.3 Å². The minimum Gasteiger partial charge on any atom is -0.376 e. The standard InChI is InChI=1S/C35H63N6O9P/c1-5-7-9-11-13-15-16-18-20-22-29(42)37-31(27(4)48-23-21-19-17-14-12-10-8-6-2)33(50-51(45,46)47)32-28(39-40-36)24-30(49-32)41-25-26(3)34(43)38-35(41)44/h25,27-28,30-33H,5-24H2,1-4H3,(H,37,42)(H,38,43,44)(H2,45,46,47)/t27?,28-,30+,31?,32-,33?/m0/s1. The van der Waals surface area contributed by atoms with Crippen molar-refractivity contribution in [2.24, 2.45) is 5.11 Å². The van der Waals surface area contributed by atoms with E-state index in [0.717, 1.165) is 49.5 Å². The van der Waals surface area contributed by atoms with Crippen molar-refractivity contribution in [1.29, 1.82) is 0 Å². The van der Waals surface area contributed by atoms with Crippen LogP contribution in [0, 0.1) is 6.92 Å². The molecular weight excluding hydrogens is 679 g/mol. The number of rotatable bonds is 28. The number of nitrogens with one attached hydrogen (secondary N) is 2. The van der Waals surface area contributed by atoms with Gasteiger partial charge in [0.25, 0.3) is 5.56 Å². The molecule has 2 heterocycles. The Kier molecular flexibility index (Phi) is 21.6. The highest BCUT2D eigenvalue weighted by Gasteiger charge is 2.48.